The smallest absolute Gasteiger partial charge is 0.307 e. The quantitative estimate of drug-likeness (QED) is 0.548. The Kier molecular flexibility index (Phi) is 5.06. The number of sulfone groups is 1. The molecule has 0 bridgehead atoms. The van der Waals surface area contributed by atoms with Gasteiger partial charge in [-0.2, -0.15) is 0 Å². The summed E-state index contributed by atoms with van der Waals surface area (Å²) in [4.78, 5) is 26.2. The fraction of sp³-hybridized carbons (Fsp3) is 0.100. The van der Waals surface area contributed by atoms with E-state index >= 15 is 0 Å². The lowest BCUT2D eigenvalue weighted by molar-refractivity contribution is -0.136. The van der Waals surface area contributed by atoms with E-state index in [1.165, 1.54) is 42.6 Å². The molecule has 0 unspecified atom stereocenters. The van der Waals surface area contributed by atoms with E-state index in [-0.39, 0.29) is 33.2 Å². The second-order valence-corrected chi connectivity index (χ2v) is 8.24. The average Bonchev–Trinajstić information content (AvgIpc) is 3.14. The molecule has 0 aliphatic carbocycles. The number of aryl methyl sites for hydroxylation is 1. The number of aliphatic carboxylic acids is 1. The van der Waals surface area contributed by atoms with E-state index in [0.717, 1.165) is 5.56 Å². The molecule has 0 atom stereocenters. The van der Waals surface area contributed by atoms with Gasteiger partial charge in [-0.05, 0) is 42.8 Å². The zero-order valence-electron chi connectivity index (χ0n) is 14.8. The Bertz CT molecular complexity index is 1160. The second-order valence-electron chi connectivity index (χ2n) is 6.32. The molecule has 3 aromatic rings. The Hall–Kier alpha value is -3.39. The van der Waals surface area contributed by atoms with Crippen molar-refractivity contribution < 1.29 is 28.2 Å². The summed E-state index contributed by atoms with van der Waals surface area (Å²) in [5.41, 5.74) is 1.19. The summed E-state index contributed by atoms with van der Waals surface area (Å²) in [7, 11) is -3.83. The maximum Gasteiger partial charge on any atom is 0.307 e. The van der Waals surface area contributed by atoms with Crippen molar-refractivity contribution in [3.8, 4) is 5.75 Å². The van der Waals surface area contributed by atoms with Crippen LogP contribution >= 0.6 is 0 Å². The van der Waals surface area contributed by atoms with E-state index in [2.05, 4.69) is 4.98 Å². The van der Waals surface area contributed by atoms with Crippen LogP contribution < -0.4 is 0 Å². The van der Waals surface area contributed by atoms with Gasteiger partial charge in [-0.25, -0.2) is 8.42 Å². The maximum absolute atomic E-state index is 12.7. The average molecular weight is 399 g/mol. The van der Waals surface area contributed by atoms with Crippen LogP contribution in [0.5, 0.6) is 5.75 Å². The number of carboxylic acid groups (broad SMARTS) is 1. The highest BCUT2D eigenvalue weighted by Crippen LogP contribution is 2.25. The number of benzene rings is 2. The van der Waals surface area contributed by atoms with Crippen LogP contribution in [-0.4, -0.2) is 35.4 Å². The molecular weight excluding hydrogens is 382 g/mol. The zero-order valence-corrected chi connectivity index (χ0v) is 15.7. The molecule has 0 aliphatic rings. The van der Waals surface area contributed by atoms with E-state index in [1.54, 1.807) is 12.1 Å². The summed E-state index contributed by atoms with van der Waals surface area (Å²) < 4.78 is 25.4. The number of nitrogens with one attached hydrogen (secondary N) is 1. The van der Waals surface area contributed by atoms with Gasteiger partial charge in [-0.3, -0.25) is 9.59 Å². The number of aromatic nitrogens is 1. The van der Waals surface area contributed by atoms with Crippen molar-refractivity contribution in [1.82, 2.24) is 4.98 Å². The van der Waals surface area contributed by atoms with Crippen LogP contribution in [0.2, 0.25) is 0 Å². The van der Waals surface area contributed by atoms with Gasteiger partial charge in [0, 0.05) is 11.8 Å². The number of rotatable bonds is 6. The largest absolute Gasteiger partial charge is 0.507 e. The number of phenols is 1. The maximum atomic E-state index is 12.7. The van der Waals surface area contributed by atoms with Crippen molar-refractivity contribution in [3.05, 3.63) is 77.0 Å². The summed E-state index contributed by atoms with van der Waals surface area (Å²) >= 11 is 0. The molecule has 3 N–H and O–H groups in total. The van der Waals surface area contributed by atoms with Gasteiger partial charge in [-0.1, -0.05) is 23.8 Å². The molecule has 8 heteroatoms. The molecular formula is C20H17NO6S. The molecule has 0 amide bonds. The Morgan fingerprint density at radius 2 is 1.71 bits per heavy atom. The van der Waals surface area contributed by atoms with Crippen LogP contribution in [0.3, 0.4) is 0 Å². The number of phenolic OH excluding ortho intramolecular Hbond substituents is 1. The Morgan fingerprint density at radius 3 is 2.36 bits per heavy atom. The van der Waals surface area contributed by atoms with Crippen molar-refractivity contribution in [1.29, 1.82) is 0 Å². The van der Waals surface area contributed by atoms with Gasteiger partial charge in [-0.15, -0.1) is 0 Å². The molecule has 7 nitrogen and oxygen atoms in total. The Balaban J connectivity index is 1.95. The van der Waals surface area contributed by atoms with E-state index < -0.39 is 21.6 Å². The second kappa shape index (κ2) is 7.32. The van der Waals surface area contributed by atoms with E-state index in [0.29, 0.717) is 5.56 Å². The molecule has 0 saturated carbocycles. The van der Waals surface area contributed by atoms with Crippen LogP contribution in [0.1, 0.15) is 27.0 Å². The fourth-order valence-corrected chi connectivity index (χ4v) is 3.95. The SMILES string of the molecule is Cc1ccc(S(=O)(=O)c2cc(C(=O)c3cc(CC(=O)O)ccc3O)c[nH]2)cc1. The zero-order chi connectivity index (χ0) is 20.5. The fourth-order valence-electron chi connectivity index (χ4n) is 2.71. The highest BCUT2D eigenvalue weighted by molar-refractivity contribution is 7.91. The number of H-pyrrole nitrogens is 1. The molecule has 28 heavy (non-hydrogen) atoms. The van der Waals surface area contributed by atoms with Crippen molar-refractivity contribution in [3.63, 3.8) is 0 Å². The Labute approximate surface area is 161 Å². The standard InChI is InChI=1S/C20H17NO6S/c1-12-2-5-15(6-3-12)28(26,27)18-10-14(11-21-18)20(25)16-8-13(9-19(23)24)4-7-17(16)22/h2-8,10-11,21-22H,9H2,1H3,(H,23,24). The third-order valence-electron chi connectivity index (χ3n) is 4.20. The number of carbonyl (C=O) groups excluding carboxylic acids is 1. The van der Waals surface area contributed by atoms with E-state index in [4.69, 9.17) is 5.11 Å². The van der Waals surface area contributed by atoms with Gasteiger partial charge in [0.05, 0.1) is 16.9 Å². The third-order valence-corrected chi connectivity index (χ3v) is 5.91. The molecule has 0 fully saturated rings. The first kappa shape index (κ1) is 19.4. The van der Waals surface area contributed by atoms with Crippen LogP contribution in [-0.2, 0) is 21.1 Å². The summed E-state index contributed by atoms with van der Waals surface area (Å²) in [5, 5.41) is 18.7. The van der Waals surface area contributed by atoms with Crippen LogP contribution in [0.15, 0.2) is 64.6 Å². The van der Waals surface area contributed by atoms with Gasteiger partial charge >= 0.3 is 5.97 Å². The van der Waals surface area contributed by atoms with Crippen LogP contribution in [0, 0.1) is 6.92 Å². The first-order valence-electron chi connectivity index (χ1n) is 8.27. The predicted octanol–water partition coefficient (Wildman–Crippen LogP) is 2.72. The minimum Gasteiger partial charge on any atom is -0.507 e. The van der Waals surface area contributed by atoms with Gasteiger partial charge in [0.1, 0.15) is 10.8 Å². The number of carboxylic acids is 1. The summed E-state index contributed by atoms with van der Waals surface area (Å²) in [6.45, 7) is 1.84. The number of carbonyl (C=O) groups is 2. The topological polar surface area (TPSA) is 125 Å². The minimum atomic E-state index is -3.83. The lowest BCUT2D eigenvalue weighted by atomic mass is 10.0. The first-order chi connectivity index (χ1) is 13.2. The van der Waals surface area contributed by atoms with Crippen molar-refractivity contribution in [2.45, 2.75) is 23.3 Å². The third kappa shape index (κ3) is 3.81. The van der Waals surface area contributed by atoms with Gasteiger partial charge in [0.2, 0.25) is 9.84 Å². The lowest BCUT2D eigenvalue weighted by Gasteiger charge is -2.05. The molecule has 0 spiro atoms. The number of hydrogen-bond donors (Lipinski definition) is 3. The molecule has 3 rings (SSSR count). The number of hydrogen-bond acceptors (Lipinski definition) is 5. The van der Waals surface area contributed by atoms with Gasteiger partial charge in [0.25, 0.3) is 0 Å². The molecule has 0 aliphatic heterocycles. The van der Waals surface area contributed by atoms with E-state index in [9.17, 15) is 23.1 Å². The van der Waals surface area contributed by atoms with E-state index in [1.807, 2.05) is 6.92 Å². The van der Waals surface area contributed by atoms with Crippen molar-refractivity contribution in [2.75, 3.05) is 0 Å². The molecule has 1 heterocycles. The summed E-state index contributed by atoms with van der Waals surface area (Å²) in [6, 6.07) is 11.4. The molecule has 0 saturated heterocycles. The number of aromatic hydroxyl groups is 1. The van der Waals surface area contributed by atoms with Crippen molar-refractivity contribution in [2.24, 2.45) is 0 Å². The molecule has 1 aromatic heterocycles. The van der Waals surface area contributed by atoms with Gasteiger partial charge in [0.15, 0.2) is 5.78 Å². The summed E-state index contributed by atoms with van der Waals surface area (Å²) in [6.07, 6.45) is 0.938. The number of ketones is 1. The highest BCUT2D eigenvalue weighted by Gasteiger charge is 2.23. The van der Waals surface area contributed by atoms with Crippen molar-refractivity contribution >= 4 is 21.6 Å². The van der Waals surface area contributed by atoms with Gasteiger partial charge < -0.3 is 15.2 Å². The van der Waals surface area contributed by atoms with Crippen LogP contribution in [0.25, 0.3) is 0 Å². The Morgan fingerprint density at radius 1 is 1.04 bits per heavy atom. The first-order valence-corrected chi connectivity index (χ1v) is 9.75. The normalized spacial score (nSPS) is 11.3. The molecule has 0 radical (unpaired) electrons. The highest BCUT2D eigenvalue weighted by atomic mass is 32.2. The number of aromatic amines is 1. The predicted molar refractivity (Wildman–Crippen MR) is 100 cm³/mol. The minimum absolute atomic E-state index is 0.0356. The monoisotopic (exact) mass is 399 g/mol. The molecule has 2 aromatic carbocycles. The van der Waals surface area contributed by atoms with Crippen LogP contribution in [0.4, 0.5) is 0 Å². The summed E-state index contributed by atoms with van der Waals surface area (Å²) in [5.74, 6) is -2.01. The lowest BCUT2D eigenvalue weighted by Crippen LogP contribution is -2.05. The molecule has 144 valence electrons.